The monoisotopic (exact) mass is 248 g/mol. The Morgan fingerprint density at radius 2 is 2.33 bits per heavy atom. The summed E-state index contributed by atoms with van der Waals surface area (Å²) in [5.74, 6) is 0.0386. The van der Waals surface area contributed by atoms with Gasteiger partial charge in [-0.1, -0.05) is 18.2 Å². The topological polar surface area (TPSA) is 61.4 Å². The first kappa shape index (κ1) is 12.9. The van der Waals surface area contributed by atoms with Crippen molar-refractivity contribution in [3.8, 4) is 0 Å². The number of nitrogens with one attached hydrogen (secondary N) is 2. The van der Waals surface area contributed by atoms with Crippen molar-refractivity contribution in [3.63, 3.8) is 0 Å². The molecule has 1 unspecified atom stereocenters. The van der Waals surface area contributed by atoms with Crippen LogP contribution in [0.3, 0.4) is 0 Å². The first-order valence-electron chi connectivity index (χ1n) is 6.46. The Hall–Kier alpha value is -1.55. The molecule has 1 aliphatic heterocycles. The number of aliphatic hydroxyl groups is 1. The van der Waals surface area contributed by atoms with Gasteiger partial charge in [0.2, 0.25) is 5.91 Å². The minimum Gasteiger partial charge on any atom is -0.396 e. The molecule has 1 aromatic rings. The van der Waals surface area contributed by atoms with Gasteiger partial charge in [0.05, 0.1) is 0 Å². The van der Waals surface area contributed by atoms with Gasteiger partial charge in [-0.2, -0.15) is 0 Å². The largest absolute Gasteiger partial charge is 0.396 e. The molecule has 0 aromatic heterocycles. The van der Waals surface area contributed by atoms with Gasteiger partial charge < -0.3 is 15.7 Å². The van der Waals surface area contributed by atoms with Crippen LogP contribution in [-0.2, 0) is 11.2 Å². The number of hydrogen-bond acceptors (Lipinski definition) is 3. The fraction of sp³-hybridized carbons (Fsp3) is 0.500. The molecule has 0 aliphatic carbocycles. The van der Waals surface area contributed by atoms with Crippen LogP contribution in [0, 0.1) is 0 Å². The van der Waals surface area contributed by atoms with Crippen LogP contribution >= 0.6 is 0 Å². The zero-order valence-electron chi connectivity index (χ0n) is 10.6. The van der Waals surface area contributed by atoms with Gasteiger partial charge in [0, 0.05) is 24.8 Å². The molecular weight excluding hydrogens is 228 g/mol. The number of carbonyl (C=O) groups excluding carboxylic acids is 1. The lowest BCUT2D eigenvalue weighted by Crippen LogP contribution is -2.42. The number of amides is 1. The number of aliphatic hydroxyl groups excluding tert-OH is 1. The number of rotatable bonds is 5. The van der Waals surface area contributed by atoms with Crippen LogP contribution in [-0.4, -0.2) is 29.7 Å². The van der Waals surface area contributed by atoms with Gasteiger partial charge in [0.25, 0.3) is 0 Å². The first-order chi connectivity index (χ1) is 8.70. The zero-order chi connectivity index (χ0) is 13.0. The lowest BCUT2D eigenvalue weighted by molar-refractivity contribution is -0.122. The van der Waals surface area contributed by atoms with Gasteiger partial charge >= 0.3 is 0 Å². The lowest BCUT2D eigenvalue weighted by Gasteiger charge is -2.17. The van der Waals surface area contributed by atoms with Gasteiger partial charge in [-0.3, -0.25) is 4.79 Å². The molecular formula is C14H20N2O2. The van der Waals surface area contributed by atoms with Gasteiger partial charge in [0.1, 0.15) is 6.04 Å². The molecule has 3 N–H and O–H groups in total. The van der Waals surface area contributed by atoms with Crippen molar-refractivity contribution in [2.24, 2.45) is 0 Å². The number of hydrogen-bond donors (Lipinski definition) is 3. The molecule has 0 radical (unpaired) electrons. The highest BCUT2D eigenvalue weighted by molar-refractivity contribution is 5.87. The van der Waals surface area contributed by atoms with E-state index in [1.807, 2.05) is 31.2 Å². The summed E-state index contributed by atoms with van der Waals surface area (Å²) in [5, 5.41) is 15.0. The Morgan fingerprint density at radius 3 is 3.06 bits per heavy atom. The summed E-state index contributed by atoms with van der Waals surface area (Å²) in [7, 11) is 0. The molecule has 4 heteroatoms. The number of fused-ring (bicyclic) bond motifs is 1. The molecule has 0 saturated carbocycles. The average Bonchev–Trinajstić information content (AvgIpc) is 2.80. The summed E-state index contributed by atoms with van der Waals surface area (Å²) < 4.78 is 0. The van der Waals surface area contributed by atoms with E-state index in [0.29, 0.717) is 0 Å². The number of anilines is 1. The van der Waals surface area contributed by atoms with Crippen LogP contribution in [0.25, 0.3) is 0 Å². The van der Waals surface area contributed by atoms with Gasteiger partial charge in [-0.25, -0.2) is 0 Å². The molecule has 2 rings (SSSR count). The fourth-order valence-corrected chi connectivity index (χ4v) is 2.27. The van der Waals surface area contributed by atoms with Crippen LogP contribution in [0.15, 0.2) is 24.3 Å². The number of benzene rings is 1. The minimum atomic E-state index is -0.168. The lowest BCUT2D eigenvalue weighted by atomic mass is 10.1. The Bertz CT molecular complexity index is 395. The van der Waals surface area contributed by atoms with E-state index in [1.165, 1.54) is 5.56 Å². The highest BCUT2D eigenvalue weighted by Crippen LogP contribution is 2.25. The summed E-state index contributed by atoms with van der Waals surface area (Å²) in [5.41, 5.74) is 2.25. The predicted octanol–water partition coefficient (Wildman–Crippen LogP) is 1.30. The molecule has 1 heterocycles. The molecule has 0 fully saturated rings. The normalized spacial score (nSPS) is 18.9. The Kier molecular flexibility index (Phi) is 4.20. The summed E-state index contributed by atoms with van der Waals surface area (Å²) in [6.45, 7) is 2.14. The predicted molar refractivity (Wildman–Crippen MR) is 71.5 cm³/mol. The highest BCUT2D eigenvalue weighted by atomic mass is 16.3. The van der Waals surface area contributed by atoms with Crippen molar-refractivity contribution in [3.05, 3.63) is 29.8 Å². The molecule has 18 heavy (non-hydrogen) atoms. The van der Waals surface area contributed by atoms with Crippen molar-refractivity contribution in [2.75, 3.05) is 11.9 Å². The maximum Gasteiger partial charge on any atom is 0.243 e. The second kappa shape index (κ2) is 5.87. The van der Waals surface area contributed by atoms with Crippen molar-refractivity contribution < 1.29 is 9.90 Å². The zero-order valence-corrected chi connectivity index (χ0v) is 10.6. The number of carbonyl (C=O) groups is 1. The minimum absolute atomic E-state index is 0.0386. The van der Waals surface area contributed by atoms with E-state index in [2.05, 4.69) is 10.6 Å². The fourth-order valence-electron chi connectivity index (χ4n) is 2.27. The molecule has 0 bridgehead atoms. The van der Waals surface area contributed by atoms with E-state index in [0.717, 1.165) is 24.9 Å². The van der Waals surface area contributed by atoms with Crippen LogP contribution in [0.4, 0.5) is 5.69 Å². The van der Waals surface area contributed by atoms with Gasteiger partial charge in [-0.15, -0.1) is 0 Å². The van der Waals surface area contributed by atoms with E-state index in [1.54, 1.807) is 0 Å². The Labute approximate surface area is 107 Å². The Morgan fingerprint density at radius 1 is 1.56 bits per heavy atom. The maximum atomic E-state index is 12.1. The standard InChI is InChI=1S/C14H20N2O2/c1-10(5-4-8-17)15-14(18)13-9-11-6-2-3-7-12(11)16-13/h2-3,6-7,10,13,16-17H,4-5,8-9H2,1H3,(H,15,18)/t10?,13-/m0/s1. The van der Waals surface area contributed by atoms with Crippen molar-refractivity contribution in [1.29, 1.82) is 0 Å². The van der Waals surface area contributed by atoms with E-state index in [4.69, 9.17) is 5.11 Å². The van der Waals surface area contributed by atoms with Gasteiger partial charge in [-0.05, 0) is 31.4 Å². The third-order valence-electron chi connectivity index (χ3n) is 3.27. The van der Waals surface area contributed by atoms with Crippen molar-refractivity contribution in [1.82, 2.24) is 5.32 Å². The smallest absolute Gasteiger partial charge is 0.243 e. The van der Waals surface area contributed by atoms with E-state index in [9.17, 15) is 4.79 Å². The molecule has 1 aliphatic rings. The molecule has 0 saturated heterocycles. The molecule has 4 nitrogen and oxygen atoms in total. The highest BCUT2D eigenvalue weighted by Gasteiger charge is 2.26. The third kappa shape index (κ3) is 3.01. The molecule has 98 valence electrons. The maximum absolute atomic E-state index is 12.1. The SMILES string of the molecule is CC(CCCO)NC(=O)[C@@H]1Cc2ccccc2N1. The quantitative estimate of drug-likeness (QED) is 0.736. The van der Waals surface area contributed by atoms with Crippen LogP contribution in [0.5, 0.6) is 0 Å². The summed E-state index contributed by atoms with van der Waals surface area (Å²) in [4.78, 5) is 12.1. The van der Waals surface area contributed by atoms with Crippen LogP contribution in [0.2, 0.25) is 0 Å². The van der Waals surface area contributed by atoms with Crippen LogP contribution in [0.1, 0.15) is 25.3 Å². The second-order valence-corrected chi connectivity index (χ2v) is 4.83. The van der Waals surface area contributed by atoms with E-state index < -0.39 is 0 Å². The van der Waals surface area contributed by atoms with Crippen molar-refractivity contribution in [2.45, 2.75) is 38.3 Å². The molecule has 0 spiro atoms. The van der Waals surface area contributed by atoms with E-state index >= 15 is 0 Å². The molecule has 1 amide bonds. The van der Waals surface area contributed by atoms with Gasteiger partial charge in [0.15, 0.2) is 0 Å². The second-order valence-electron chi connectivity index (χ2n) is 4.83. The molecule has 2 atom stereocenters. The summed E-state index contributed by atoms with van der Waals surface area (Å²) in [6, 6.07) is 7.94. The van der Waals surface area contributed by atoms with Crippen molar-refractivity contribution >= 4 is 11.6 Å². The van der Waals surface area contributed by atoms with E-state index in [-0.39, 0.29) is 24.6 Å². The number of para-hydroxylation sites is 1. The first-order valence-corrected chi connectivity index (χ1v) is 6.46. The van der Waals surface area contributed by atoms with Crippen LogP contribution < -0.4 is 10.6 Å². The molecule has 1 aromatic carbocycles. The Balaban J connectivity index is 1.85. The summed E-state index contributed by atoms with van der Waals surface area (Å²) in [6.07, 6.45) is 2.27. The third-order valence-corrected chi connectivity index (χ3v) is 3.27. The average molecular weight is 248 g/mol. The summed E-state index contributed by atoms with van der Waals surface area (Å²) >= 11 is 0.